The van der Waals surface area contributed by atoms with Crippen LogP contribution in [0.2, 0.25) is 0 Å². The van der Waals surface area contributed by atoms with Crippen LogP contribution in [0.4, 0.5) is 11.6 Å². The van der Waals surface area contributed by atoms with E-state index < -0.39 is 0 Å². The van der Waals surface area contributed by atoms with E-state index in [1.54, 1.807) is 12.4 Å². The second kappa shape index (κ2) is 5.06. The summed E-state index contributed by atoms with van der Waals surface area (Å²) in [5.41, 5.74) is 6.63. The number of pyridine rings is 1. The van der Waals surface area contributed by atoms with Gasteiger partial charge in [0, 0.05) is 18.9 Å². The lowest BCUT2D eigenvalue weighted by Gasteiger charge is -2.04. The molecule has 0 radical (unpaired) electrons. The smallest absolute Gasteiger partial charge is 0.144 e. The average Bonchev–Trinajstić information content (AvgIpc) is 2.33. The van der Waals surface area contributed by atoms with Gasteiger partial charge in [0.05, 0.1) is 12.4 Å². The van der Waals surface area contributed by atoms with E-state index in [1.165, 1.54) is 11.8 Å². The molecule has 82 valence electrons. The van der Waals surface area contributed by atoms with Crippen LogP contribution in [0.3, 0.4) is 0 Å². The first-order chi connectivity index (χ1) is 7.84. The molecule has 0 atom stereocenters. The van der Waals surface area contributed by atoms with E-state index in [4.69, 9.17) is 5.73 Å². The zero-order valence-electron chi connectivity index (χ0n) is 8.80. The Hall–Kier alpha value is -2.17. The fourth-order valence-corrected chi connectivity index (χ4v) is 1.31. The fraction of sp³-hybridized carbons (Fsp3) is 0.182. The molecule has 0 amide bonds. The number of nitrogens with one attached hydrogen (secondary N) is 1. The summed E-state index contributed by atoms with van der Waals surface area (Å²) in [4.78, 5) is 12.1. The third-order valence-electron chi connectivity index (χ3n) is 2.11. The van der Waals surface area contributed by atoms with E-state index in [0.717, 1.165) is 18.8 Å². The van der Waals surface area contributed by atoms with Crippen molar-refractivity contribution in [3.05, 3.63) is 42.5 Å². The first kappa shape index (κ1) is 10.4. The van der Waals surface area contributed by atoms with Crippen LogP contribution in [0.15, 0.2) is 36.9 Å². The van der Waals surface area contributed by atoms with Crippen molar-refractivity contribution in [3.63, 3.8) is 0 Å². The van der Waals surface area contributed by atoms with Crippen molar-refractivity contribution in [2.24, 2.45) is 0 Å². The summed E-state index contributed by atoms with van der Waals surface area (Å²) in [6.45, 7) is 0.796. The molecule has 0 saturated heterocycles. The number of anilines is 2. The fourth-order valence-electron chi connectivity index (χ4n) is 1.31. The van der Waals surface area contributed by atoms with Crippen molar-refractivity contribution in [1.82, 2.24) is 15.0 Å². The highest BCUT2D eigenvalue weighted by Gasteiger charge is 1.95. The predicted molar refractivity (Wildman–Crippen MR) is 62.9 cm³/mol. The molecule has 2 rings (SSSR count). The molecule has 5 nitrogen and oxygen atoms in total. The van der Waals surface area contributed by atoms with Crippen LogP contribution < -0.4 is 11.1 Å². The maximum Gasteiger partial charge on any atom is 0.144 e. The van der Waals surface area contributed by atoms with Crippen LogP contribution in [0.25, 0.3) is 0 Å². The molecule has 2 aromatic rings. The molecule has 0 aliphatic carbocycles. The molecule has 16 heavy (non-hydrogen) atoms. The molecule has 0 bridgehead atoms. The standard InChI is InChI=1S/C11H13N5/c12-10-7-16-11(8-15-10)14-5-3-9-2-1-4-13-6-9/h1-2,4,6-8H,3,5H2,(H2,12,15)(H,14,16). The largest absolute Gasteiger partial charge is 0.382 e. The molecule has 0 aliphatic heterocycles. The highest BCUT2D eigenvalue weighted by atomic mass is 15.0. The van der Waals surface area contributed by atoms with Gasteiger partial charge in [0.2, 0.25) is 0 Å². The van der Waals surface area contributed by atoms with Gasteiger partial charge in [-0.25, -0.2) is 9.97 Å². The summed E-state index contributed by atoms with van der Waals surface area (Å²) < 4.78 is 0. The van der Waals surface area contributed by atoms with Crippen molar-refractivity contribution in [3.8, 4) is 0 Å². The Labute approximate surface area is 93.8 Å². The van der Waals surface area contributed by atoms with Crippen molar-refractivity contribution >= 4 is 11.6 Å². The molecule has 0 saturated carbocycles. The lowest BCUT2D eigenvalue weighted by molar-refractivity contribution is 0.989. The number of hydrogen-bond acceptors (Lipinski definition) is 5. The van der Waals surface area contributed by atoms with Crippen LogP contribution in [0, 0.1) is 0 Å². The molecular formula is C11H13N5. The summed E-state index contributed by atoms with van der Waals surface area (Å²) in [7, 11) is 0. The van der Waals surface area contributed by atoms with Gasteiger partial charge in [-0.05, 0) is 18.1 Å². The molecule has 2 heterocycles. The van der Waals surface area contributed by atoms with Crippen LogP contribution in [-0.4, -0.2) is 21.5 Å². The molecule has 5 heteroatoms. The quantitative estimate of drug-likeness (QED) is 0.798. The monoisotopic (exact) mass is 215 g/mol. The average molecular weight is 215 g/mol. The Bertz CT molecular complexity index is 426. The van der Waals surface area contributed by atoms with Gasteiger partial charge < -0.3 is 11.1 Å². The number of nitrogens with zero attached hydrogens (tertiary/aromatic N) is 3. The number of aromatic nitrogens is 3. The Morgan fingerprint density at radius 1 is 1.19 bits per heavy atom. The highest BCUT2D eigenvalue weighted by Crippen LogP contribution is 2.02. The van der Waals surface area contributed by atoms with Crippen molar-refractivity contribution in [1.29, 1.82) is 0 Å². The summed E-state index contributed by atoms with van der Waals surface area (Å²) in [5.74, 6) is 1.16. The lowest BCUT2D eigenvalue weighted by atomic mass is 10.2. The van der Waals surface area contributed by atoms with E-state index in [2.05, 4.69) is 20.3 Å². The molecule has 0 spiro atoms. The molecule has 0 fully saturated rings. The Kier molecular flexibility index (Phi) is 3.28. The molecule has 0 unspecified atom stereocenters. The topological polar surface area (TPSA) is 76.7 Å². The summed E-state index contributed by atoms with van der Waals surface area (Å²) >= 11 is 0. The van der Waals surface area contributed by atoms with Crippen molar-refractivity contribution < 1.29 is 0 Å². The van der Waals surface area contributed by atoms with Crippen molar-refractivity contribution in [2.75, 3.05) is 17.6 Å². The van der Waals surface area contributed by atoms with E-state index >= 15 is 0 Å². The van der Waals surface area contributed by atoms with Gasteiger partial charge in [-0.3, -0.25) is 4.98 Å². The van der Waals surface area contributed by atoms with Crippen LogP contribution in [0.5, 0.6) is 0 Å². The molecule has 0 aliphatic rings. The van der Waals surface area contributed by atoms with Gasteiger partial charge in [-0.1, -0.05) is 6.07 Å². The SMILES string of the molecule is Nc1cnc(NCCc2cccnc2)cn1. The minimum Gasteiger partial charge on any atom is -0.382 e. The van der Waals surface area contributed by atoms with Crippen LogP contribution >= 0.6 is 0 Å². The van der Waals surface area contributed by atoms with Gasteiger partial charge in [0.25, 0.3) is 0 Å². The summed E-state index contributed by atoms with van der Waals surface area (Å²) in [6.07, 6.45) is 7.68. The zero-order chi connectivity index (χ0) is 11.2. The molecule has 2 aromatic heterocycles. The summed E-state index contributed by atoms with van der Waals surface area (Å²) in [5, 5.41) is 3.16. The van der Waals surface area contributed by atoms with Crippen LogP contribution in [0.1, 0.15) is 5.56 Å². The zero-order valence-corrected chi connectivity index (χ0v) is 8.80. The van der Waals surface area contributed by atoms with Crippen molar-refractivity contribution in [2.45, 2.75) is 6.42 Å². The normalized spacial score (nSPS) is 10.0. The Morgan fingerprint density at radius 2 is 2.12 bits per heavy atom. The Balaban J connectivity index is 1.82. The molecule has 0 aromatic carbocycles. The van der Waals surface area contributed by atoms with E-state index in [-0.39, 0.29) is 0 Å². The van der Waals surface area contributed by atoms with Gasteiger partial charge in [0.1, 0.15) is 11.6 Å². The number of rotatable bonds is 4. The third-order valence-corrected chi connectivity index (χ3v) is 2.11. The van der Waals surface area contributed by atoms with Gasteiger partial charge >= 0.3 is 0 Å². The minimum absolute atomic E-state index is 0.429. The number of nitrogen functional groups attached to an aromatic ring is 1. The Morgan fingerprint density at radius 3 is 2.81 bits per heavy atom. The first-order valence-electron chi connectivity index (χ1n) is 5.05. The second-order valence-corrected chi connectivity index (χ2v) is 3.36. The van der Waals surface area contributed by atoms with Gasteiger partial charge in [0.15, 0.2) is 0 Å². The van der Waals surface area contributed by atoms with E-state index in [1.807, 2.05) is 18.3 Å². The van der Waals surface area contributed by atoms with Gasteiger partial charge in [-0.2, -0.15) is 0 Å². The maximum absolute atomic E-state index is 5.44. The molecular weight excluding hydrogens is 202 g/mol. The van der Waals surface area contributed by atoms with E-state index in [9.17, 15) is 0 Å². The maximum atomic E-state index is 5.44. The number of hydrogen-bond donors (Lipinski definition) is 2. The lowest BCUT2D eigenvalue weighted by Crippen LogP contribution is -2.07. The highest BCUT2D eigenvalue weighted by molar-refractivity contribution is 5.36. The predicted octanol–water partition coefficient (Wildman–Crippen LogP) is 1.11. The first-order valence-corrected chi connectivity index (χ1v) is 5.05. The summed E-state index contributed by atoms with van der Waals surface area (Å²) in [6, 6.07) is 3.97. The van der Waals surface area contributed by atoms with Gasteiger partial charge in [-0.15, -0.1) is 0 Å². The van der Waals surface area contributed by atoms with E-state index in [0.29, 0.717) is 5.82 Å². The molecule has 3 N–H and O–H groups in total. The second-order valence-electron chi connectivity index (χ2n) is 3.36. The minimum atomic E-state index is 0.429. The van der Waals surface area contributed by atoms with Crippen LogP contribution in [-0.2, 0) is 6.42 Å². The third kappa shape index (κ3) is 2.91. The number of nitrogens with two attached hydrogens (primary N) is 1.